The van der Waals surface area contributed by atoms with E-state index >= 15 is 0 Å². The van der Waals surface area contributed by atoms with E-state index in [1.54, 1.807) is 0 Å². The lowest BCUT2D eigenvalue weighted by Crippen LogP contribution is -2.31. The van der Waals surface area contributed by atoms with Crippen molar-refractivity contribution < 1.29 is 22.4 Å². The van der Waals surface area contributed by atoms with Crippen LogP contribution >= 0.6 is 15.9 Å². The largest absolute Gasteiger partial charge is 0.419 e. The highest BCUT2D eigenvalue weighted by Gasteiger charge is 2.34. The normalized spacial score (nSPS) is 13.4. The number of hydrogen-bond acceptors (Lipinski definition) is 1. The van der Waals surface area contributed by atoms with Gasteiger partial charge in [0, 0.05) is 16.9 Å². The molecule has 0 heterocycles. The van der Waals surface area contributed by atoms with Crippen molar-refractivity contribution in [2.24, 2.45) is 5.92 Å². The van der Waals surface area contributed by atoms with Crippen LogP contribution in [0.3, 0.4) is 0 Å². The van der Waals surface area contributed by atoms with Gasteiger partial charge in [-0.15, -0.1) is 0 Å². The molecule has 1 unspecified atom stereocenters. The van der Waals surface area contributed by atoms with Crippen LogP contribution in [0.5, 0.6) is 0 Å². The molecule has 1 aromatic carbocycles. The third-order valence-electron chi connectivity index (χ3n) is 2.71. The lowest BCUT2D eigenvalue weighted by Gasteiger charge is -2.15. The average molecular weight is 356 g/mol. The van der Waals surface area contributed by atoms with Gasteiger partial charge in [0.15, 0.2) is 0 Å². The molecular formula is C13H14BrF4NO. The maximum absolute atomic E-state index is 13.1. The van der Waals surface area contributed by atoms with E-state index in [4.69, 9.17) is 0 Å². The molecule has 0 aliphatic carbocycles. The Morgan fingerprint density at radius 2 is 1.95 bits per heavy atom. The molecule has 1 N–H and O–H groups in total. The molecule has 0 bridgehead atoms. The van der Waals surface area contributed by atoms with E-state index in [-0.39, 0.29) is 22.9 Å². The van der Waals surface area contributed by atoms with Gasteiger partial charge in [-0.1, -0.05) is 29.8 Å². The molecule has 0 saturated heterocycles. The fourth-order valence-electron chi connectivity index (χ4n) is 1.41. The first-order valence-corrected chi connectivity index (χ1v) is 6.83. The maximum atomic E-state index is 13.1. The van der Waals surface area contributed by atoms with Crippen molar-refractivity contribution in [3.8, 4) is 0 Å². The zero-order chi connectivity index (χ0) is 15.5. The smallest absolute Gasteiger partial charge is 0.351 e. The summed E-state index contributed by atoms with van der Waals surface area (Å²) in [4.78, 5) is 11.7. The molecule has 0 radical (unpaired) electrons. The highest BCUT2D eigenvalue weighted by atomic mass is 79.9. The van der Waals surface area contributed by atoms with Crippen molar-refractivity contribution in [3.63, 3.8) is 0 Å². The molecule has 2 nitrogen and oxygen atoms in total. The standard InChI is InChI=1S/C13H14BrF4NO/c1-7(2)10(14)6-19-12(20)8-3-4-11(15)9(5-8)13(16,17)18/h3-5,7,10H,6H2,1-2H3,(H,19,20). The van der Waals surface area contributed by atoms with Crippen LogP contribution in [0.15, 0.2) is 18.2 Å². The first-order valence-electron chi connectivity index (χ1n) is 5.92. The molecule has 1 atom stereocenters. The first-order chi connectivity index (χ1) is 9.12. The molecule has 0 aliphatic heterocycles. The second-order valence-electron chi connectivity index (χ2n) is 4.66. The van der Waals surface area contributed by atoms with Crippen molar-refractivity contribution in [1.82, 2.24) is 5.32 Å². The molecular weight excluding hydrogens is 342 g/mol. The SMILES string of the molecule is CC(C)C(Br)CNC(=O)c1ccc(F)c(C(F)(F)F)c1. The Labute approximate surface area is 122 Å². The predicted molar refractivity (Wildman–Crippen MR) is 71.3 cm³/mol. The van der Waals surface area contributed by atoms with E-state index in [0.29, 0.717) is 12.1 Å². The number of carbonyl (C=O) groups is 1. The molecule has 0 saturated carbocycles. The topological polar surface area (TPSA) is 29.1 Å². The summed E-state index contributed by atoms with van der Waals surface area (Å²) in [5, 5.41) is 2.50. The fraction of sp³-hybridized carbons (Fsp3) is 0.462. The van der Waals surface area contributed by atoms with Crippen LogP contribution in [0.4, 0.5) is 17.6 Å². The van der Waals surface area contributed by atoms with Gasteiger partial charge >= 0.3 is 6.18 Å². The monoisotopic (exact) mass is 355 g/mol. The number of halogens is 5. The van der Waals surface area contributed by atoms with Crippen LogP contribution in [0, 0.1) is 11.7 Å². The van der Waals surface area contributed by atoms with Gasteiger partial charge in [0.05, 0.1) is 5.56 Å². The van der Waals surface area contributed by atoms with Gasteiger partial charge < -0.3 is 5.32 Å². The van der Waals surface area contributed by atoms with Gasteiger partial charge in [0.25, 0.3) is 5.91 Å². The summed E-state index contributed by atoms with van der Waals surface area (Å²) in [5.74, 6) is -1.80. The summed E-state index contributed by atoms with van der Waals surface area (Å²) < 4.78 is 50.7. The number of benzene rings is 1. The quantitative estimate of drug-likeness (QED) is 0.642. The predicted octanol–water partition coefficient (Wildman–Crippen LogP) is 3.99. The summed E-state index contributed by atoms with van der Waals surface area (Å²) in [6, 6.07) is 2.19. The highest BCUT2D eigenvalue weighted by Crippen LogP contribution is 2.31. The van der Waals surface area contributed by atoms with Crippen molar-refractivity contribution in [1.29, 1.82) is 0 Å². The number of carbonyl (C=O) groups excluding carboxylic acids is 1. The third-order valence-corrected chi connectivity index (χ3v) is 4.10. The first kappa shape index (κ1) is 16.9. The summed E-state index contributed by atoms with van der Waals surface area (Å²) >= 11 is 3.35. The van der Waals surface area contributed by atoms with Gasteiger partial charge in [-0.2, -0.15) is 13.2 Å². The molecule has 0 aromatic heterocycles. The average Bonchev–Trinajstić information content (AvgIpc) is 2.34. The zero-order valence-corrected chi connectivity index (χ0v) is 12.5. The lowest BCUT2D eigenvalue weighted by atomic mass is 10.1. The molecule has 0 aliphatic rings. The number of hydrogen-bond donors (Lipinski definition) is 1. The van der Waals surface area contributed by atoms with E-state index in [1.165, 1.54) is 0 Å². The fourth-order valence-corrected chi connectivity index (χ4v) is 1.57. The van der Waals surface area contributed by atoms with E-state index in [0.717, 1.165) is 6.07 Å². The van der Waals surface area contributed by atoms with E-state index in [1.807, 2.05) is 13.8 Å². The maximum Gasteiger partial charge on any atom is 0.419 e. The summed E-state index contributed by atoms with van der Waals surface area (Å²) in [6.07, 6.45) is -4.82. The van der Waals surface area contributed by atoms with Gasteiger partial charge in [-0.3, -0.25) is 4.79 Å². The van der Waals surface area contributed by atoms with Gasteiger partial charge in [0.1, 0.15) is 5.82 Å². The second-order valence-corrected chi connectivity index (χ2v) is 5.84. The third kappa shape index (κ3) is 4.47. The van der Waals surface area contributed by atoms with Crippen molar-refractivity contribution in [3.05, 3.63) is 35.1 Å². The van der Waals surface area contributed by atoms with Crippen LogP contribution in [0.2, 0.25) is 0 Å². The molecule has 20 heavy (non-hydrogen) atoms. The molecule has 0 spiro atoms. The molecule has 0 fully saturated rings. The van der Waals surface area contributed by atoms with Gasteiger partial charge in [-0.25, -0.2) is 4.39 Å². The highest BCUT2D eigenvalue weighted by molar-refractivity contribution is 9.09. The van der Waals surface area contributed by atoms with Crippen molar-refractivity contribution in [2.45, 2.75) is 24.9 Å². The second kappa shape index (κ2) is 6.56. The van der Waals surface area contributed by atoms with Crippen LogP contribution in [-0.2, 0) is 6.18 Å². The molecule has 112 valence electrons. The number of amides is 1. The number of nitrogens with one attached hydrogen (secondary N) is 1. The Kier molecular flexibility index (Phi) is 5.56. The molecule has 1 rings (SSSR count). The summed E-state index contributed by atoms with van der Waals surface area (Å²) in [6.45, 7) is 4.14. The van der Waals surface area contributed by atoms with E-state index < -0.39 is 23.5 Å². The zero-order valence-electron chi connectivity index (χ0n) is 10.9. The molecule has 7 heteroatoms. The Bertz CT molecular complexity index is 488. The van der Waals surface area contributed by atoms with Crippen LogP contribution < -0.4 is 5.32 Å². The van der Waals surface area contributed by atoms with Crippen LogP contribution in [-0.4, -0.2) is 17.3 Å². The van der Waals surface area contributed by atoms with E-state index in [9.17, 15) is 22.4 Å². The minimum atomic E-state index is -4.82. The Morgan fingerprint density at radius 3 is 2.45 bits per heavy atom. The summed E-state index contributed by atoms with van der Waals surface area (Å²) in [5.41, 5.74) is -1.66. The Morgan fingerprint density at radius 1 is 1.35 bits per heavy atom. The molecule has 1 amide bonds. The Balaban J connectivity index is 2.85. The van der Waals surface area contributed by atoms with Crippen molar-refractivity contribution >= 4 is 21.8 Å². The Hall–Kier alpha value is -1.11. The van der Waals surface area contributed by atoms with Crippen LogP contribution in [0.1, 0.15) is 29.8 Å². The molecule has 1 aromatic rings. The lowest BCUT2D eigenvalue weighted by molar-refractivity contribution is -0.140. The van der Waals surface area contributed by atoms with Crippen LogP contribution in [0.25, 0.3) is 0 Å². The van der Waals surface area contributed by atoms with Crippen molar-refractivity contribution in [2.75, 3.05) is 6.54 Å². The van der Waals surface area contributed by atoms with Gasteiger partial charge in [-0.05, 0) is 24.1 Å². The minimum Gasteiger partial charge on any atom is -0.351 e. The summed E-state index contributed by atoms with van der Waals surface area (Å²) in [7, 11) is 0. The van der Waals surface area contributed by atoms with Gasteiger partial charge in [0.2, 0.25) is 0 Å². The number of rotatable bonds is 4. The van der Waals surface area contributed by atoms with E-state index in [2.05, 4.69) is 21.2 Å². The minimum absolute atomic E-state index is 0.00832. The number of alkyl halides is 4.